The monoisotopic (exact) mass is 507 g/mol. The number of fused-ring (bicyclic) bond motifs is 2. The number of methoxy groups -OCH3 is 1. The first-order valence-electron chi connectivity index (χ1n) is 11.7. The van der Waals surface area contributed by atoms with E-state index >= 15 is 0 Å². The van der Waals surface area contributed by atoms with Crippen LogP contribution in [0.15, 0.2) is 35.4 Å². The van der Waals surface area contributed by atoms with Crippen molar-refractivity contribution < 1.29 is 28.4 Å². The molecule has 0 bridgehead atoms. The van der Waals surface area contributed by atoms with E-state index in [1.807, 2.05) is 0 Å². The van der Waals surface area contributed by atoms with E-state index < -0.39 is 31.5 Å². The Morgan fingerprint density at radius 3 is 2.89 bits per heavy atom. The summed E-state index contributed by atoms with van der Waals surface area (Å²) in [5.74, 6) is -2.99. The van der Waals surface area contributed by atoms with E-state index in [4.69, 9.17) is 10.8 Å². The number of alkyl halides is 4. The summed E-state index contributed by atoms with van der Waals surface area (Å²) in [7, 11) is 1.37. The first kappa shape index (κ1) is 21.7. The minimum absolute atomic E-state index is 0.00659. The molecule has 1 N–H and O–H groups in total. The Morgan fingerprint density at radius 2 is 2.17 bits per heavy atom. The predicted molar refractivity (Wildman–Crippen MR) is 119 cm³/mol. The highest BCUT2D eigenvalue weighted by atomic mass is 19.3. The molecule has 0 aliphatic carbocycles. The van der Waals surface area contributed by atoms with Crippen molar-refractivity contribution in [2.75, 3.05) is 33.4 Å². The lowest BCUT2D eigenvalue weighted by Crippen LogP contribution is -2.48. The lowest BCUT2D eigenvalue weighted by atomic mass is 10.1. The Bertz CT molecular complexity index is 1550. The highest BCUT2D eigenvalue weighted by molar-refractivity contribution is 5.89. The lowest BCUT2D eigenvalue weighted by molar-refractivity contribution is -0.0713. The van der Waals surface area contributed by atoms with Crippen molar-refractivity contribution in [3.8, 4) is 17.0 Å². The predicted octanol–water partition coefficient (Wildman–Crippen LogP) is 1.97. The van der Waals surface area contributed by atoms with Crippen LogP contribution in [0.25, 0.3) is 27.7 Å². The maximum atomic E-state index is 14.7. The van der Waals surface area contributed by atoms with Crippen LogP contribution in [0.1, 0.15) is 1.37 Å². The first-order chi connectivity index (χ1) is 17.7. The number of rotatable bonds is 6. The van der Waals surface area contributed by atoms with Crippen molar-refractivity contribution in [3.05, 3.63) is 36.1 Å². The van der Waals surface area contributed by atoms with Gasteiger partial charge in [0.15, 0.2) is 0 Å². The van der Waals surface area contributed by atoms with Gasteiger partial charge in [-0.2, -0.15) is 4.98 Å². The Labute approximate surface area is 202 Å². The highest BCUT2D eigenvalue weighted by Crippen LogP contribution is 2.33. The number of aromatic nitrogens is 6. The number of ether oxygens (including phenoxy) is 2. The van der Waals surface area contributed by atoms with Gasteiger partial charge in [-0.05, 0) is 23.8 Å². The summed E-state index contributed by atoms with van der Waals surface area (Å²) in [6, 6.07) is 5.16. The SMILES string of the molecule is [2H]c1cc(-c2ccc3nnn(CC(F)F)c3c2)c2c(OC)nc(=NC3CN(C4COC4)CC3(F)F)[nH]n12. The standard InChI is InChI=1S/C22H22F4N8O2/c1-35-20-19-14(12-2-3-15-16(6-12)34(31-29-15)8-18(23)24)4-5-33(19)30-21(28-20)27-17-7-32(11-22(17,25)26)13-9-36-10-13/h2-6,13,17-18H,7-11H2,1H3,(H,27,30)/i5D. The van der Waals surface area contributed by atoms with Gasteiger partial charge in [-0.3, -0.25) is 14.5 Å². The zero-order valence-corrected chi connectivity index (χ0v) is 19.0. The van der Waals surface area contributed by atoms with E-state index in [1.165, 1.54) is 17.7 Å². The molecule has 36 heavy (non-hydrogen) atoms. The summed E-state index contributed by atoms with van der Waals surface area (Å²) in [6.07, 6.45) is -2.61. The van der Waals surface area contributed by atoms with Gasteiger partial charge in [-0.25, -0.2) is 27.2 Å². The van der Waals surface area contributed by atoms with E-state index in [0.29, 0.717) is 40.9 Å². The molecule has 10 nitrogen and oxygen atoms in total. The molecular weight excluding hydrogens is 484 g/mol. The third-order valence-electron chi connectivity index (χ3n) is 6.49. The van der Waals surface area contributed by atoms with Crippen molar-refractivity contribution in [1.82, 2.24) is 34.5 Å². The normalized spacial score (nSPS) is 21.6. The highest BCUT2D eigenvalue weighted by Gasteiger charge is 2.51. The summed E-state index contributed by atoms with van der Waals surface area (Å²) in [5.41, 5.74) is 2.20. The Kier molecular flexibility index (Phi) is 5.16. The van der Waals surface area contributed by atoms with Gasteiger partial charge >= 0.3 is 0 Å². The lowest BCUT2D eigenvalue weighted by Gasteiger charge is -2.34. The fourth-order valence-electron chi connectivity index (χ4n) is 4.57. The zero-order valence-electron chi connectivity index (χ0n) is 20.0. The van der Waals surface area contributed by atoms with E-state index in [1.54, 1.807) is 23.1 Å². The quantitative estimate of drug-likeness (QED) is 0.401. The number of halogens is 4. The Hall–Kier alpha value is -3.52. The number of benzene rings is 1. The van der Waals surface area contributed by atoms with Crippen LogP contribution < -0.4 is 10.4 Å². The molecule has 0 amide bonds. The Balaban J connectivity index is 1.42. The molecule has 2 aliphatic heterocycles. The second-order valence-corrected chi connectivity index (χ2v) is 8.82. The average Bonchev–Trinajstić information content (AvgIpc) is 3.45. The number of hydrogen-bond acceptors (Lipinski definition) is 7. The molecule has 6 rings (SSSR count). The van der Waals surface area contributed by atoms with Gasteiger partial charge in [-0.15, -0.1) is 5.10 Å². The zero-order chi connectivity index (χ0) is 25.9. The molecule has 1 atom stereocenters. The summed E-state index contributed by atoms with van der Waals surface area (Å²) < 4.78 is 76.9. The van der Waals surface area contributed by atoms with Crippen LogP contribution in [0.2, 0.25) is 0 Å². The van der Waals surface area contributed by atoms with Crippen molar-refractivity contribution in [2.45, 2.75) is 31.0 Å². The number of nitrogens with zero attached hydrogens (tertiary/aromatic N) is 7. The molecule has 5 heterocycles. The number of nitrogens with one attached hydrogen (secondary N) is 1. The van der Waals surface area contributed by atoms with Gasteiger partial charge in [0, 0.05) is 18.3 Å². The summed E-state index contributed by atoms with van der Waals surface area (Å²) in [6.45, 7) is -0.119. The van der Waals surface area contributed by atoms with Crippen LogP contribution in [0.3, 0.4) is 0 Å². The van der Waals surface area contributed by atoms with Gasteiger partial charge in [0.25, 0.3) is 12.3 Å². The van der Waals surface area contributed by atoms with Crippen molar-refractivity contribution in [3.63, 3.8) is 0 Å². The fraction of sp³-hybridized carbons (Fsp3) is 0.455. The molecule has 2 aliphatic rings. The number of hydrogen-bond donors (Lipinski definition) is 1. The number of likely N-dealkylation sites (tertiary alicyclic amines) is 1. The van der Waals surface area contributed by atoms with Crippen LogP contribution in [0.4, 0.5) is 17.6 Å². The fourth-order valence-corrected chi connectivity index (χ4v) is 4.57. The molecule has 2 saturated heterocycles. The van der Waals surface area contributed by atoms with Gasteiger partial charge < -0.3 is 9.47 Å². The van der Waals surface area contributed by atoms with E-state index in [-0.39, 0.29) is 30.3 Å². The molecule has 190 valence electrons. The second kappa shape index (κ2) is 8.55. The van der Waals surface area contributed by atoms with Crippen LogP contribution >= 0.6 is 0 Å². The largest absolute Gasteiger partial charge is 0.479 e. The second-order valence-electron chi connectivity index (χ2n) is 8.82. The summed E-state index contributed by atoms with van der Waals surface area (Å²) in [5, 5.41) is 10.5. The van der Waals surface area contributed by atoms with Gasteiger partial charge in [0.1, 0.15) is 23.6 Å². The third kappa shape index (κ3) is 3.89. The van der Waals surface area contributed by atoms with Gasteiger partial charge in [-0.1, -0.05) is 11.3 Å². The van der Waals surface area contributed by atoms with Crippen molar-refractivity contribution >= 4 is 16.6 Å². The van der Waals surface area contributed by atoms with Crippen LogP contribution in [-0.4, -0.2) is 92.3 Å². The van der Waals surface area contributed by atoms with Crippen LogP contribution in [0.5, 0.6) is 5.88 Å². The summed E-state index contributed by atoms with van der Waals surface area (Å²) in [4.78, 5) is 10.2. The maximum Gasteiger partial charge on any atom is 0.283 e. The van der Waals surface area contributed by atoms with Gasteiger partial charge in [0.05, 0.1) is 39.8 Å². The summed E-state index contributed by atoms with van der Waals surface area (Å²) >= 11 is 0. The molecular formula is C22H22F4N8O2. The molecule has 1 unspecified atom stereocenters. The molecule has 3 aromatic heterocycles. The number of aromatic amines is 1. The Morgan fingerprint density at radius 1 is 1.33 bits per heavy atom. The molecule has 14 heteroatoms. The first-order valence-corrected chi connectivity index (χ1v) is 11.2. The van der Waals surface area contributed by atoms with Crippen molar-refractivity contribution in [2.24, 2.45) is 4.99 Å². The van der Waals surface area contributed by atoms with Gasteiger partial charge in [0.2, 0.25) is 11.5 Å². The average molecular weight is 507 g/mol. The van der Waals surface area contributed by atoms with Crippen LogP contribution in [-0.2, 0) is 11.3 Å². The van der Waals surface area contributed by atoms with E-state index in [9.17, 15) is 17.6 Å². The minimum Gasteiger partial charge on any atom is -0.479 e. The molecule has 0 spiro atoms. The molecule has 1 aromatic carbocycles. The third-order valence-corrected chi connectivity index (χ3v) is 6.49. The molecule has 2 fully saturated rings. The van der Waals surface area contributed by atoms with E-state index in [2.05, 4.69) is 25.4 Å². The van der Waals surface area contributed by atoms with Crippen LogP contribution in [0, 0.1) is 0 Å². The minimum atomic E-state index is -3.05. The molecule has 0 radical (unpaired) electrons. The van der Waals surface area contributed by atoms with E-state index in [0.717, 1.165) is 4.68 Å². The van der Waals surface area contributed by atoms with Crippen molar-refractivity contribution in [1.29, 1.82) is 0 Å². The maximum absolute atomic E-state index is 14.7. The number of H-pyrrole nitrogens is 1. The smallest absolute Gasteiger partial charge is 0.283 e. The molecule has 4 aromatic rings. The topological polar surface area (TPSA) is 97.9 Å². The molecule has 0 saturated carbocycles.